The molecule has 0 fully saturated rings. The van der Waals surface area contributed by atoms with Gasteiger partial charge in [-0.1, -0.05) is 24.3 Å². The van der Waals surface area contributed by atoms with E-state index in [1.807, 2.05) is 19.1 Å². The van der Waals surface area contributed by atoms with E-state index in [4.69, 9.17) is 5.73 Å². The average molecular weight is 232 g/mol. The molecular weight excluding hydrogens is 217 g/mol. The maximum absolute atomic E-state index is 12.1. The zero-order valence-corrected chi connectivity index (χ0v) is 9.01. The van der Waals surface area contributed by atoms with Gasteiger partial charge in [0.25, 0.3) is 0 Å². The highest BCUT2D eigenvalue weighted by molar-refractivity contribution is 5.28. The second-order valence-electron chi connectivity index (χ2n) is 3.64. The summed E-state index contributed by atoms with van der Waals surface area (Å²) in [4.78, 5) is 0. The van der Waals surface area contributed by atoms with Crippen LogP contribution in [-0.2, 0) is 0 Å². The summed E-state index contributed by atoms with van der Waals surface area (Å²) in [6, 6.07) is 6.82. The minimum absolute atomic E-state index is 0.140. The molecule has 0 aliphatic carbocycles. The van der Waals surface area contributed by atoms with E-state index >= 15 is 0 Å². The van der Waals surface area contributed by atoms with E-state index in [2.05, 4.69) is 5.32 Å². The van der Waals surface area contributed by atoms with Gasteiger partial charge in [0.15, 0.2) is 0 Å². The number of benzene rings is 1. The number of rotatable bonds is 4. The summed E-state index contributed by atoms with van der Waals surface area (Å²) in [6.07, 6.45) is -4.21. The average Bonchev–Trinajstić information content (AvgIpc) is 2.20. The highest BCUT2D eigenvalue weighted by atomic mass is 19.4. The molecule has 0 heterocycles. The molecule has 0 aliphatic rings. The molecule has 3 N–H and O–H groups in total. The number of halogens is 3. The Hall–Kier alpha value is -1.07. The summed E-state index contributed by atoms with van der Waals surface area (Å²) in [7, 11) is 0. The van der Waals surface area contributed by atoms with Crippen LogP contribution in [0, 0.1) is 6.92 Å². The molecule has 1 atom stereocenters. The maximum Gasteiger partial charge on any atom is 0.401 e. The molecule has 1 aromatic rings. The van der Waals surface area contributed by atoms with Crippen LogP contribution in [0.4, 0.5) is 13.2 Å². The Morgan fingerprint density at radius 3 is 2.44 bits per heavy atom. The lowest BCUT2D eigenvalue weighted by atomic mass is 10.0. The van der Waals surface area contributed by atoms with Gasteiger partial charge in [-0.2, -0.15) is 13.2 Å². The lowest BCUT2D eigenvalue weighted by Gasteiger charge is -2.20. The predicted molar refractivity (Wildman–Crippen MR) is 57.0 cm³/mol. The van der Waals surface area contributed by atoms with Crippen LogP contribution >= 0.6 is 0 Å². The zero-order chi connectivity index (χ0) is 12.2. The van der Waals surface area contributed by atoms with Crippen molar-refractivity contribution in [2.24, 2.45) is 5.73 Å². The SMILES string of the molecule is Cc1ccccc1C(CN)NCC(F)(F)F. The van der Waals surface area contributed by atoms with Crippen molar-refractivity contribution >= 4 is 0 Å². The largest absolute Gasteiger partial charge is 0.401 e. The number of nitrogens with two attached hydrogens (primary N) is 1. The molecule has 0 aliphatic heterocycles. The molecule has 0 spiro atoms. The van der Waals surface area contributed by atoms with Gasteiger partial charge in [-0.15, -0.1) is 0 Å². The Kier molecular flexibility index (Phi) is 4.32. The number of hydrogen-bond acceptors (Lipinski definition) is 2. The van der Waals surface area contributed by atoms with Crippen LogP contribution < -0.4 is 11.1 Å². The molecule has 0 saturated carbocycles. The molecule has 16 heavy (non-hydrogen) atoms. The van der Waals surface area contributed by atoms with Crippen molar-refractivity contribution in [3.05, 3.63) is 35.4 Å². The van der Waals surface area contributed by atoms with Crippen LogP contribution in [0.5, 0.6) is 0 Å². The molecule has 1 unspecified atom stereocenters. The summed E-state index contributed by atoms with van der Waals surface area (Å²) in [5.74, 6) is 0. The van der Waals surface area contributed by atoms with Gasteiger partial charge in [0.1, 0.15) is 0 Å². The van der Waals surface area contributed by atoms with Crippen LogP contribution in [0.3, 0.4) is 0 Å². The molecule has 5 heteroatoms. The lowest BCUT2D eigenvalue weighted by molar-refractivity contribution is -0.126. The maximum atomic E-state index is 12.1. The molecule has 0 amide bonds. The topological polar surface area (TPSA) is 38.0 Å². The van der Waals surface area contributed by atoms with Gasteiger partial charge < -0.3 is 11.1 Å². The quantitative estimate of drug-likeness (QED) is 0.834. The van der Waals surface area contributed by atoms with Crippen molar-refractivity contribution < 1.29 is 13.2 Å². The minimum Gasteiger partial charge on any atom is -0.329 e. The van der Waals surface area contributed by atoms with Crippen molar-refractivity contribution in [3.8, 4) is 0 Å². The summed E-state index contributed by atoms with van der Waals surface area (Å²) in [5, 5.41) is 2.42. The number of nitrogens with one attached hydrogen (secondary N) is 1. The third-order valence-electron chi connectivity index (χ3n) is 2.35. The molecule has 0 aromatic heterocycles. The number of aryl methyl sites for hydroxylation is 1. The first kappa shape index (κ1) is 13.0. The van der Waals surface area contributed by atoms with Crippen molar-refractivity contribution in [2.75, 3.05) is 13.1 Å². The summed E-state index contributed by atoms with van der Waals surface area (Å²) in [6.45, 7) is 0.970. The fourth-order valence-corrected chi connectivity index (χ4v) is 1.54. The second-order valence-corrected chi connectivity index (χ2v) is 3.64. The van der Waals surface area contributed by atoms with E-state index in [0.29, 0.717) is 0 Å². The summed E-state index contributed by atoms with van der Waals surface area (Å²) in [5.41, 5.74) is 7.22. The highest BCUT2D eigenvalue weighted by Crippen LogP contribution is 2.19. The molecule has 0 radical (unpaired) electrons. The Morgan fingerprint density at radius 1 is 1.31 bits per heavy atom. The molecule has 1 rings (SSSR count). The van der Waals surface area contributed by atoms with Crippen LogP contribution in [0.1, 0.15) is 17.2 Å². The molecule has 2 nitrogen and oxygen atoms in total. The van der Waals surface area contributed by atoms with E-state index in [1.165, 1.54) is 0 Å². The van der Waals surface area contributed by atoms with E-state index < -0.39 is 18.8 Å². The second kappa shape index (κ2) is 5.32. The Bertz CT molecular complexity index is 336. The van der Waals surface area contributed by atoms with E-state index in [0.717, 1.165) is 11.1 Å². The first-order valence-electron chi connectivity index (χ1n) is 5.00. The van der Waals surface area contributed by atoms with Crippen molar-refractivity contribution in [2.45, 2.75) is 19.1 Å². The molecule has 1 aromatic carbocycles. The molecule has 0 bridgehead atoms. The van der Waals surface area contributed by atoms with Gasteiger partial charge in [-0.05, 0) is 18.1 Å². The monoisotopic (exact) mass is 232 g/mol. The number of alkyl halides is 3. The van der Waals surface area contributed by atoms with Gasteiger partial charge in [0, 0.05) is 12.6 Å². The Labute approximate surface area is 92.6 Å². The van der Waals surface area contributed by atoms with Crippen LogP contribution in [0.15, 0.2) is 24.3 Å². The highest BCUT2D eigenvalue weighted by Gasteiger charge is 2.28. The minimum atomic E-state index is -4.21. The predicted octanol–water partition coefficient (Wildman–Crippen LogP) is 2.15. The standard InChI is InChI=1S/C11H15F3N2/c1-8-4-2-3-5-9(8)10(6-15)16-7-11(12,13)14/h2-5,10,16H,6-7,15H2,1H3. The first-order chi connectivity index (χ1) is 7.44. The van der Waals surface area contributed by atoms with Crippen LogP contribution in [0.2, 0.25) is 0 Å². The molecular formula is C11H15F3N2. The van der Waals surface area contributed by atoms with Gasteiger partial charge >= 0.3 is 6.18 Å². The van der Waals surface area contributed by atoms with Gasteiger partial charge in [-0.25, -0.2) is 0 Å². The first-order valence-corrected chi connectivity index (χ1v) is 5.00. The smallest absolute Gasteiger partial charge is 0.329 e. The Balaban J connectivity index is 2.72. The van der Waals surface area contributed by atoms with Gasteiger partial charge in [0.05, 0.1) is 6.54 Å². The van der Waals surface area contributed by atoms with Crippen molar-refractivity contribution in [1.82, 2.24) is 5.32 Å². The normalized spacial score (nSPS) is 13.8. The third kappa shape index (κ3) is 3.83. The molecule has 90 valence electrons. The van der Waals surface area contributed by atoms with Crippen molar-refractivity contribution in [1.29, 1.82) is 0 Å². The zero-order valence-electron chi connectivity index (χ0n) is 9.01. The van der Waals surface area contributed by atoms with E-state index in [-0.39, 0.29) is 6.54 Å². The lowest BCUT2D eigenvalue weighted by Crippen LogP contribution is -2.36. The Morgan fingerprint density at radius 2 is 1.94 bits per heavy atom. The van der Waals surface area contributed by atoms with Crippen molar-refractivity contribution in [3.63, 3.8) is 0 Å². The fraction of sp³-hybridized carbons (Fsp3) is 0.455. The van der Waals surface area contributed by atoms with E-state index in [9.17, 15) is 13.2 Å². The molecule has 0 saturated heterocycles. The summed E-state index contributed by atoms with van der Waals surface area (Å²) < 4.78 is 36.2. The van der Waals surface area contributed by atoms with Gasteiger partial charge in [0.2, 0.25) is 0 Å². The van der Waals surface area contributed by atoms with Crippen LogP contribution in [-0.4, -0.2) is 19.3 Å². The fourth-order valence-electron chi connectivity index (χ4n) is 1.54. The summed E-state index contributed by atoms with van der Waals surface area (Å²) >= 11 is 0. The van der Waals surface area contributed by atoms with Gasteiger partial charge in [-0.3, -0.25) is 0 Å². The third-order valence-corrected chi connectivity index (χ3v) is 2.35. The van der Waals surface area contributed by atoms with Crippen LogP contribution in [0.25, 0.3) is 0 Å². The number of hydrogen-bond donors (Lipinski definition) is 2. The van der Waals surface area contributed by atoms with E-state index in [1.54, 1.807) is 12.1 Å².